The SMILES string of the molecule is C=C(Br)C(Br)CCCCCCC. The van der Waals surface area contributed by atoms with Crippen molar-refractivity contribution in [2.75, 3.05) is 0 Å². The first kappa shape index (κ1) is 12.7. The molecule has 2 heteroatoms. The Balaban J connectivity index is 3.14. The van der Waals surface area contributed by atoms with Gasteiger partial charge in [-0.2, -0.15) is 0 Å². The fraction of sp³-hybridized carbons (Fsp3) is 0.800. The fourth-order valence-electron chi connectivity index (χ4n) is 1.08. The molecular weight excluding hydrogens is 280 g/mol. The first-order valence-electron chi connectivity index (χ1n) is 4.66. The molecule has 0 saturated carbocycles. The van der Waals surface area contributed by atoms with Crippen LogP contribution in [0.15, 0.2) is 11.1 Å². The first-order chi connectivity index (χ1) is 5.68. The molecule has 0 N–H and O–H groups in total. The summed E-state index contributed by atoms with van der Waals surface area (Å²) in [5.74, 6) is 0. The van der Waals surface area contributed by atoms with Crippen LogP contribution in [0.2, 0.25) is 0 Å². The Hall–Kier alpha value is 0.700. The number of unbranched alkanes of at least 4 members (excludes halogenated alkanes) is 4. The zero-order valence-corrected chi connectivity index (χ0v) is 11.0. The highest BCUT2D eigenvalue weighted by atomic mass is 79.9. The van der Waals surface area contributed by atoms with Crippen LogP contribution in [0.5, 0.6) is 0 Å². The van der Waals surface area contributed by atoms with E-state index in [-0.39, 0.29) is 0 Å². The summed E-state index contributed by atoms with van der Waals surface area (Å²) in [5, 5.41) is 0. The Morgan fingerprint density at radius 2 is 1.83 bits per heavy atom. The lowest BCUT2D eigenvalue weighted by atomic mass is 10.1. The number of halogens is 2. The summed E-state index contributed by atoms with van der Waals surface area (Å²) in [5.41, 5.74) is 0. The van der Waals surface area contributed by atoms with Crippen molar-refractivity contribution >= 4 is 31.9 Å². The van der Waals surface area contributed by atoms with Gasteiger partial charge < -0.3 is 0 Å². The van der Waals surface area contributed by atoms with Crippen LogP contribution in [0, 0.1) is 0 Å². The summed E-state index contributed by atoms with van der Waals surface area (Å²) in [6, 6.07) is 0. The molecule has 0 radical (unpaired) electrons. The number of alkyl halides is 1. The molecule has 1 atom stereocenters. The van der Waals surface area contributed by atoms with Crippen molar-refractivity contribution in [1.82, 2.24) is 0 Å². The smallest absolute Gasteiger partial charge is 0.0455 e. The molecule has 0 heterocycles. The number of hydrogen-bond donors (Lipinski definition) is 0. The third-order valence-electron chi connectivity index (χ3n) is 1.90. The molecule has 12 heavy (non-hydrogen) atoms. The summed E-state index contributed by atoms with van der Waals surface area (Å²) >= 11 is 6.95. The van der Waals surface area contributed by atoms with Gasteiger partial charge in [0.25, 0.3) is 0 Å². The molecule has 0 fully saturated rings. The lowest BCUT2D eigenvalue weighted by Gasteiger charge is -2.06. The molecule has 0 saturated heterocycles. The summed E-state index contributed by atoms with van der Waals surface area (Å²) in [6.07, 6.45) is 7.95. The van der Waals surface area contributed by atoms with E-state index in [0.29, 0.717) is 4.83 Å². The monoisotopic (exact) mass is 296 g/mol. The second-order valence-corrected chi connectivity index (χ2v) is 5.24. The Kier molecular flexibility index (Phi) is 8.79. The van der Waals surface area contributed by atoms with Gasteiger partial charge in [-0.15, -0.1) is 0 Å². The van der Waals surface area contributed by atoms with Crippen molar-refractivity contribution in [3.63, 3.8) is 0 Å². The Bertz CT molecular complexity index is 121. The fourth-order valence-corrected chi connectivity index (χ4v) is 1.64. The molecule has 72 valence electrons. The van der Waals surface area contributed by atoms with Crippen LogP contribution in [-0.2, 0) is 0 Å². The number of rotatable bonds is 7. The van der Waals surface area contributed by atoms with Gasteiger partial charge in [0.15, 0.2) is 0 Å². The lowest BCUT2D eigenvalue weighted by molar-refractivity contribution is 0.615. The molecule has 0 amide bonds. The van der Waals surface area contributed by atoms with E-state index in [9.17, 15) is 0 Å². The molecule has 0 aliphatic heterocycles. The van der Waals surface area contributed by atoms with E-state index in [1.165, 1.54) is 38.5 Å². The quantitative estimate of drug-likeness (QED) is 0.457. The normalized spacial score (nSPS) is 12.9. The van der Waals surface area contributed by atoms with Crippen LogP contribution in [0.4, 0.5) is 0 Å². The summed E-state index contributed by atoms with van der Waals surface area (Å²) < 4.78 is 1.07. The van der Waals surface area contributed by atoms with E-state index in [2.05, 4.69) is 45.4 Å². The molecule has 0 aliphatic carbocycles. The van der Waals surface area contributed by atoms with E-state index in [4.69, 9.17) is 0 Å². The van der Waals surface area contributed by atoms with E-state index in [0.717, 1.165) is 4.48 Å². The largest absolute Gasteiger partial charge is 0.0877 e. The predicted molar refractivity (Wildman–Crippen MR) is 64.2 cm³/mol. The van der Waals surface area contributed by atoms with Crippen LogP contribution in [0.25, 0.3) is 0 Å². The number of allylic oxidation sites excluding steroid dienone is 1. The van der Waals surface area contributed by atoms with Crippen molar-refractivity contribution in [2.24, 2.45) is 0 Å². The second-order valence-electron chi connectivity index (χ2n) is 3.12. The third kappa shape index (κ3) is 7.35. The van der Waals surface area contributed by atoms with Gasteiger partial charge in [-0.3, -0.25) is 0 Å². The van der Waals surface area contributed by atoms with Crippen molar-refractivity contribution in [2.45, 2.75) is 50.3 Å². The third-order valence-corrected chi connectivity index (χ3v) is 4.08. The van der Waals surface area contributed by atoms with Crippen molar-refractivity contribution in [1.29, 1.82) is 0 Å². The standard InChI is InChI=1S/C10H18Br2/c1-3-4-5-6-7-8-10(12)9(2)11/h10H,2-8H2,1H3. The lowest BCUT2D eigenvalue weighted by Crippen LogP contribution is -1.95. The molecule has 0 nitrogen and oxygen atoms in total. The van der Waals surface area contributed by atoms with E-state index in [1.54, 1.807) is 0 Å². The average Bonchev–Trinajstić information content (AvgIpc) is 2.03. The maximum Gasteiger partial charge on any atom is 0.0455 e. The van der Waals surface area contributed by atoms with Gasteiger partial charge in [-0.1, -0.05) is 77.5 Å². The zero-order valence-electron chi connectivity index (χ0n) is 7.78. The minimum atomic E-state index is 0.458. The highest BCUT2D eigenvalue weighted by Gasteiger charge is 2.04. The van der Waals surface area contributed by atoms with E-state index < -0.39 is 0 Å². The topological polar surface area (TPSA) is 0 Å². The van der Waals surface area contributed by atoms with Crippen molar-refractivity contribution in [3.8, 4) is 0 Å². The maximum absolute atomic E-state index is 3.84. The first-order valence-corrected chi connectivity index (χ1v) is 6.37. The van der Waals surface area contributed by atoms with Gasteiger partial charge >= 0.3 is 0 Å². The minimum Gasteiger partial charge on any atom is -0.0877 e. The van der Waals surface area contributed by atoms with Crippen LogP contribution in [0.1, 0.15) is 45.4 Å². The Morgan fingerprint density at radius 1 is 1.25 bits per heavy atom. The molecule has 0 spiro atoms. The van der Waals surface area contributed by atoms with Crippen LogP contribution in [0.3, 0.4) is 0 Å². The second kappa shape index (κ2) is 8.31. The molecular formula is C10H18Br2. The van der Waals surface area contributed by atoms with Gasteiger partial charge in [-0.05, 0) is 6.42 Å². The molecule has 1 unspecified atom stereocenters. The molecule has 0 bridgehead atoms. The van der Waals surface area contributed by atoms with Crippen LogP contribution < -0.4 is 0 Å². The Morgan fingerprint density at radius 3 is 2.33 bits per heavy atom. The maximum atomic E-state index is 3.84. The average molecular weight is 298 g/mol. The van der Waals surface area contributed by atoms with E-state index in [1.807, 2.05) is 0 Å². The van der Waals surface area contributed by atoms with Crippen molar-refractivity contribution < 1.29 is 0 Å². The molecule has 0 aromatic heterocycles. The summed E-state index contributed by atoms with van der Waals surface area (Å²) in [7, 11) is 0. The summed E-state index contributed by atoms with van der Waals surface area (Å²) in [6.45, 7) is 6.08. The van der Waals surface area contributed by atoms with Gasteiger partial charge in [0.2, 0.25) is 0 Å². The highest BCUT2D eigenvalue weighted by molar-refractivity contribution is 9.14. The zero-order chi connectivity index (χ0) is 9.40. The van der Waals surface area contributed by atoms with Crippen LogP contribution in [-0.4, -0.2) is 4.83 Å². The van der Waals surface area contributed by atoms with Gasteiger partial charge in [0.1, 0.15) is 0 Å². The van der Waals surface area contributed by atoms with Gasteiger partial charge in [0.05, 0.1) is 0 Å². The summed E-state index contributed by atoms with van der Waals surface area (Å²) in [4.78, 5) is 0.458. The highest BCUT2D eigenvalue weighted by Crippen LogP contribution is 2.22. The Labute approximate surface area is 93.1 Å². The molecule has 0 aromatic carbocycles. The number of hydrogen-bond acceptors (Lipinski definition) is 0. The molecule has 0 rings (SSSR count). The van der Waals surface area contributed by atoms with Gasteiger partial charge in [-0.25, -0.2) is 0 Å². The van der Waals surface area contributed by atoms with E-state index >= 15 is 0 Å². The van der Waals surface area contributed by atoms with Crippen molar-refractivity contribution in [3.05, 3.63) is 11.1 Å². The predicted octanol–water partition coefficient (Wildman–Crippen LogP) is 5.02. The van der Waals surface area contributed by atoms with Gasteiger partial charge in [0, 0.05) is 9.31 Å². The molecule has 0 aliphatic rings. The van der Waals surface area contributed by atoms with Crippen LogP contribution >= 0.6 is 31.9 Å². The minimum absolute atomic E-state index is 0.458. The molecule has 0 aromatic rings.